The fourth-order valence-electron chi connectivity index (χ4n) is 2.53. The SMILES string of the molecule is O=C(c1cc(Cl)ncc1Cl)N1CC2CCC(C1)O2. The van der Waals surface area contributed by atoms with E-state index in [0.29, 0.717) is 23.7 Å². The standard InChI is InChI=1S/C12H12Cl2N2O2/c13-10-4-15-11(14)3-9(10)12(17)16-5-7-1-2-8(6-16)18-7/h3-4,7-8H,1-2,5-6H2. The van der Waals surface area contributed by atoms with E-state index in [9.17, 15) is 4.79 Å². The van der Waals surface area contributed by atoms with Crippen LogP contribution in [0.25, 0.3) is 0 Å². The summed E-state index contributed by atoms with van der Waals surface area (Å²) in [6, 6.07) is 1.52. The number of morpholine rings is 1. The number of likely N-dealkylation sites (tertiary alicyclic amines) is 1. The molecule has 2 atom stereocenters. The minimum Gasteiger partial charge on any atom is -0.371 e. The monoisotopic (exact) mass is 286 g/mol. The van der Waals surface area contributed by atoms with E-state index >= 15 is 0 Å². The van der Waals surface area contributed by atoms with Crippen molar-refractivity contribution in [2.75, 3.05) is 13.1 Å². The number of ether oxygens (including phenoxy) is 1. The van der Waals surface area contributed by atoms with Crippen molar-refractivity contribution in [2.45, 2.75) is 25.0 Å². The summed E-state index contributed by atoms with van der Waals surface area (Å²) < 4.78 is 5.70. The fourth-order valence-corrected chi connectivity index (χ4v) is 2.87. The summed E-state index contributed by atoms with van der Waals surface area (Å²) in [5.41, 5.74) is 0.415. The summed E-state index contributed by atoms with van der Waals surface area (Å²) in [5.74, 6) is -0.0931. The van der Waals surface area contributed by atoms with E-state index in [2.05, 4.69) is 4.98 Å². The van der Waals surface area contributed by atoms with Crippen molar-refractivity contribution in [3.63, 3.8) is 0 Å². The van der Waals surface area contributed by atoms with Crippen LogP contribution in [0.2, 0.25) is 10.2 Å². The van der Waals surface area contributed by atoms with Crippen LogP contribution in [-0.2, 0) is 4.74 Å². The van der Waals surface area contributed by atoms with Crippen LogP contribution in [-0.4, -0.2) is 41.1 Å². The molecule has 96 valence electrons. The summed E-state index contributed by atoms with van der Waals surface area (Å²) in [5, 5.41) is 0.613. The van der Waals surface area contributed by atoms with Gasteiger partial charge in [0.25, 0.3) is 5.91 Å². The van der Waals surface area contributed by atoms with Gasteiger partial charge >= 0.3 is 0 Å². The molecule has 2 aliphatic heterocycles. The second kappa shape index (κ2) is 4.68. The van der Waals surface area contributed by atoms with Crippen LogP contribution in [0.1, 0.15) is 23.2 Å². The van der Waals surface area contributed by atoms with Gasteiger partial charge in [0.05, 0.1) is 22.8 Å². The summed E-state index contributed by atoms with van der Waals surface area (Å²) >= 11 is 11.8. The number of carbonyl (C=O) groups is 1. The molecular weight excluding hydrogens is 275 g/mol. The number of pyridine rings is 1. The fraction of sp³-hybridized carbons (Fsp3) is 0.500. The van der Waals surface area contributed by atoms with Gasteiger partial charge in [0.1, 0.15) is 5.15 Å². The van der Waals surface area contributed by atoms with Crippen molar-refractivity contribution >= 4 is 29.1 Å². The molecule has 3 heterocycles. The Morgan fingerprint density at radius 1 is 1.33 bits per heavy atom. The van der Waals surface area contributed by atoms with Crippen molar-refractivity contribution in [1.29, 1.82) is 0 Å². The van der Waals surface area contributed by atoms with Crippen LogP contribution < -0.4 is 0 Å². The largest absolute Gasteiger partial charge is 0.371 e. The van der Waals surface area contributed by atoms with E-state index in [0.717, 1.165) is 12.8 Å². The lowest BCUT2D eigenvalue weighted by Crippen LogP contribution is -2.45. The van der Waals surface area contributed by atoms with Crippen LogP contribution in [0.15, 0.2) is 12.3 Å². The lowest BCUT2D eigenvalue weighted by Gasteiger charge is -2.32. The van der Waals surface area contributed by atoms with Gasteiger partial charge in [-0.05, 0) is 18.9 Å². The molecule has 0 saturated carbocycles. The molecule has 4 nitrogen and oxygen atoms in total. The first-order chi connectivity index (χ1) is 8.63. The molecule has 0 N–H and O–H groups in total. The molecule has 1 amide bonds. The quantitative estimate of drug-likeness (QED) is 0.745. The van der Waals surface area contributed by atoms with Gasteiger partial charge in [-0.25, -0.2) is 4.98 Å². The third kappa shape index (κ3) is 2.20. The van der Waals surface area contributed by atoms with Crippen LogP contribution in [0.5, 0.6) is 0 Å². The van der Waals surface area contributed by atoms with Gasteiger partial charge < -0.3 is 9.64 Å². The molecule has 0 aromatic carbocycles. The van der Waals surface area contributed by atoms with E-state index in [1.165, 1.54) is 12.3 Å². The Balaban J connectivity index is 1.84. The highest BCUT2D eigenvalue weighted by Crippen LogP contribution is 2.28. The van der Waals surface area contributed by atoms with Gasteiger partial charge in [0, 0.05) is 19.3 Å². The van der Waals surface area contributed by atoms with Crippen molar-refractivity contribution in [2.24, 2.45) is 0 Å². The number of fused-ring (bicyclic) bond motifs is 2. The molecule has 2 unspecified atom stereocenters. The van der Waals surface area contributed by atoms with Crippen molar-refractivity contribution < 1.29 is 9.53 Å². The highest BCUT2D eigenvalue weighted by atomic mass is 35.5. The molecule has 2 aliphatic rings. The predicted octanol–water partition coefficient (Wildman–Crippen LogP) is 2.39. The van der Waals surface area contributed by atoms with Gasteiger partial charge in [0.2, 0.25) is 0 Å². The molecular formula is C12H12Cl2N2O2. The molecule has 2 bridgehead atoms. The van der Waals surface area contributed by atoms with E-state index in [4.69, 9.17) is 27.9 Å². The molecule has 3 rings (SSSR count). The molecule has 2 saturated heterocycles. The first kappa shape index (κ1) is 12.2. The van der Waals surface area contributed by atoms with E-state index in [-0.39, 0.29) is 23.3 Å². The minimum atomic E-state index is -0.0931. The zero-order valence-corrected chi connectivity index (χ0v) is 11.1. The molecule has 2 fully saturated rings. The number of amides is 1. The second-order valence-corrected chi connectivity index (χ2v) is 5.45. The first-order valence-electron chi connectivity index (χ1n) is 5.89. The molecule has 1 aromatic rings. The topological polar surface area (TPSA) is 42.4 Å². The van der Waals surface area contributed by atoms with Crippen LogP contribution >= 0.6 is 23.2 Å². The highest BCUT2D eigenvalue weighted by Gasteiger charge is 2.36. The molecule has 18 heavy (non-hydrogen) atoms. The van der Waals surface area contributed by atoms with Gasteiger partial charge in [-0.3, -0.25) is 4.79 Å². The van der Waals surface area contributed by atoms with E-state index in [1.54, 1.807) is 4.90 Å². The average molecular weight is 287 g/mol. The van der Waals surface area contributed by atoms with Crippen LogP contribution in [0.3, 0.4) is 0 Å². The number of halogens is 2. The van der Waals surface area contributed by atoms with Gasteiger partial charge in [-0.1, -0.05) is 23.2 Å². The Kier molecular flexibility index (Phi) is 3.18. The number of nitrogens with zero attached hydrogens (tertiary/aromatic N) is 2. The number of rotatable bonds is 1. The Morgan fingerprint density at radius 2 is 2.00 bits per heavy atom. The van der Waals surface area contributed by atoms with Crippen molar-refractivity contribution in [1.82, 2.24) is 9.88 Å². The molecule has 1 aromatic heterocycles. The van der Waals surface area contributed by atoms with Crippen molar-refractivity contribution in [3.8, 4) is 0 Å². The highest BCUT2D eigenvalue weighted by molar-refractivity contribution is 6.35. The van der Waals surface area contributed by atoms with E-state index < -0.39 is 0 Å². The summed E-state index contributed by atoms with van der Waals surface area (Å²) in [4.78, 5) is 18.0. The van der Waals surface area contributed by atoms with Crippen LogP contribution in [0, 0.1) is 0 Å². The maximum atomic E-state index is 12.4. The Labute approximate surface area is 115 Å². The maximum Gasteiger partial charge on any atom is 0.255 e. The summed E-state index contributed by atoms with van der Waals surface area (Å²) in [7, 11) is 0. The zero-order valence-electron chi connectivity index (χ0n) is 9.60. The summed E-state index contributed by atoms with van der Waals surface area (Å²) in [6.07, 6.45) is 3.80. The molecule has 6 heteroatoms. The third-order valence-electron chi connectivity index (χ3n) is 3.38. The number of carbonyl (C=O) groups excluding carboxylic acids is 1. The Bertz CT molecular complexity index is 483. The predicted molar refractivity (Wildman–Crippen MR) is 68.1 cm³/mol. The third-order valence-corrected chi connectivity index (χ3v) is 3.89. The zero-order chi connectivity index (χ0) is 12.7. The van der Waals surface area contributed by atoms with Gasteiger partial charge in [0.15, 0.2) is 0 Å². The Hall–Kier alpha value is -0.840. The van der Waals surface area contributed by atoms with Crippen molar-refractivity contribution in [3.05, 3.63) is 28.0 Å². The molecule has 0 aliphatic carbocycles. The maximum absolute atomic E-state index is 12.4. The van der Waals surface area contributed by atoms with Crippen LogP contribution in [0.4, 0.5) is 0 Å². The molecule has 0 radical (unpaired) electrons. The smallest absolute Gasteiger partial charge is 0.255 e. The normalized spacial score (nSPS) is 26.4. The Morgan fingerprint density at radius 3 is 2.67 bits per heavy atom. The second-order valence-electron chi connectivity index (χ2n) is 4.65. The first-order valence-corrected chi connectivity index (χ1v) is 6.65. The van der Waals surface area contributed by atoms with E-state index in [1.807, 2.05) is 0 Å². The molecule has 0 spiro atoms. The lowest BCUT2D eigenvalue weighted by atomic mass is 10.2. The average Bonchev–Trinajstić information content (AvgIpc) is 2.70. The summed E-state index contributed by atoms with van der Waals surface area (Å²) in [6.45, 7) is 1.26. The van der Waals surface area contributed by atoms with Gasteiger partial charge in [-0.2, -0.15) is 0 Å². The lowest BCUT2D eigenvalue weighted by molar-refractivity contribution is -0.0303. The van der Waals surface area contributed by atoms with Gasteiger partial charge in [-0.15, -0.1) is 0 Å². The minimum absolute atomic E-state index is 0.0931. The number of hydrogen-bond acceptors (Lipinski definition) is 3. The number of hydrogen-bond donors (Lipinski definition) is 0. The number of aromatic nitrogens is 1.